The fraction of sp³-hybridized carbons (Fsp3) is 0.286. The van der Waals surface area contributed by atoms with Crippen molar-refractivity contribution in [3.63, 3.8) is 0 Å². The van der Waals surface area contributed by atoms with Crippen molar-refractivity contribution in [2.75, 3.05) is 17.7 Å². The molecule has 0 radical (unpaired) electrons. The van der Waals surface area contributed by atoms with E-state index in [2.05, 4.69) is 31.8 Å². The Morgan fingerprint density at radius 1 is 1.39 bits per heavy atom. The van der Waals surface area contributed by atoms with Gasteiger partial charge >= 0.3 is 0 Å². The Balaban J connectivity index is 1.70. The Bertz CT molecular complexity index is 788. The summed E-state index contributed by atoms with van der Waals surface area (Å²) in [5.74, 6) is 0.509. The molecule has 0 atom stereocenters. The second-order valence-corrected chi connectivity index (χ2v) is 6.04. The van der Waals surface area contributed by atoms with E-state index in [-0.39, 0.29) is 11.8 Å². The number of alkyl halides is 1. The van der Waals surface area contributed by atoms with Crippen LogP contribution < -0.4 is 10.6 Å². The standard InChI is InChI=1S/C14H15ClN6OS/c15-6-12(22)16-3-4-21-14-11(8-20-21)13(18-9-19-14)17-7-10-2-1-5-23-10/h1-2,5,8-9H,3-4,6-7H2,(H,16,22)(H,17,18,19). The van der Waals surface area contributed by atoms with Crippen LogP contribution in [0.15, 0.2) is 30.0 Å². The zero-order chi connectivity index (χ0) is 16.1. The molecule has 3 aromatic rings. The van der Waals surface area contributed by atoms with E-state index in [0.717, 1.165) is 16.9 Å². The van der Waals surface area contributed by atoms with Crippen molar-refractivity contribution in [2.45, 2.75) is 13.1 Å². The first-order valence-electron chi connectivity index (χ1n) is 7.03. The minimum Gasteiger partial charge on any atom is -0.364 e. The van der Waals surface area contributed by atoms with Gasteiger partial charge in [-0.05, 0) is 11.4 Å². The molecular weight excluding hydrogens is 336 g/mol. The van der Waals surface area contributed by atoms with Crippen LogP contribution in [0.4, 0.5) is 5.82 Å². The predicted octanol–water partition coefficient (Wildman–Crippen LogP) is 1.85. The normalized spacial score (nSPS) is 10.8. The fourth-order valence-corrected chi connectivity index (χ4v) is 2.87. The van der Waals surface area contributed by atoms with E-state index in [1.54, 1.807) is 22.2 Å². The first-order chi connectivity index (χ1) is 11.3. The number of hydrogen-bond acceptors (Lipinski definition) is 6. The molecule has 0 aliphatic rings. The molecule has 3 heterocycles. The van der Waals surface area contributed by atoms with Crippen molar-refractivity contribution in [3.8, 4) is 0 Å². The summed E-state index contributed by atoms with van der Waals surface area (Å²) in [5, 5.41) is 13.2. The quantitative estimate of drug-likeness (QED) is 0.635. The average molecular weight is 351 g/mol. The highest BCUT2D eigenvalue weighted by Gasteiger charge is 2.10. The van der Waals surface area contributed by atoms with Crippen molar-refractivity contribution in [1.29, 1.82) is 0 Å². The molecule has 0 fully saturated rings. The molecular formula is C14H15ClN6OS. The van der Waals surface area contributed by atoms with Crippen LogP contribution in [0.2, 0.25) is 0 Å². The number of nitrogens with one attached hydrogen (secondary N) is 2. The average Bonchev–Trinajstić information content (AvgIpc) is 3.23. The fourth-order valence-electron chi connectivity index (χ4n) is 2.13. The van der Waals surface area contributed by atoms with Crippen molar-refractivity contribution in [2.24, 2.45) is 0 Å². The Labute approximate surface area is 141 Å². The molecule has 0 aromatic carbocycles. The van der Waals surface area contributed by atoms with E-state index >= 15 is 0 Å². The van der Waals surface area contributed by atoms with E-state index < -0.39 is 0 Å². The van der Waals surface area contributed by atoms with Crippen LogP contribution in [0, 0.1) is 0 Å². The molecule has 0 unspecified atom stereocenters. The van der Waals surface area contributed by atoms with Crippen LogP contribution in [0.25, 0.3) is 11.0 Å². The Kier molecular flexibility index (Phi) is 5.04. The minimum atomic E-state index is -0.198. The van der Waals surface area contributed by atoms with Crippen LogP contribution in [-0.2, 0) is 17.9 Å². The lowest BCUT2D eigenvalue weighted by Gasteiger charge is -2.06. The molecule has 0 aliphatic carbocycles. The summed E-state index contributed by atoms with van der Waals surface area (Å²) in [6.07, 6.45) is 3.24. The van der Waals surface area contributed by atoms with Gasteiger partial charge in [0, 0.05) is 11.4 Å². The number of fused-ring (bicyclic) bond motifs is 1. The van der Waals surface area contributed by atoms with Crippen LogP contribution >= 0.6 is 22.9 Å². The van der Waals surface area contributed by atoms with Crippen LogP contribution in [0.5, 0.6) is 0 Å². The number of carbonyl (C=O) groups is 1. The van der Waals surface area contributed by atoms with Gasteiger partial charge in [-0.2, -0.15) is 5.10 Å². The molecule has 0 aliphatic heterocycles. The number of hydrogen-bond donors (Lipinski definition) is 2. The second kappa shape index (κ2) is 7.38. The molecule has 3 aromatic heterocycles. The summed E-state index contributed by atoms with van der Waals surface area (Å²) >= 11 is 7.13. The molecule has 23 heavy (non-hydrogen) atoms. The summed E-state index contributed by atoms with van der Waals surface area (Å²) in [6.45, 7) is 1.68. The van der Waals surface area contributed by atoms with Gasteiger partial charge in [-0.25, -0.2) is 14.6 Å². The zero-order valence-electron chi connectivity index (χ0n) is 12.2. The molecule has 0 saturated heterocycles. The highest BCUT2D eigenvalue weighted by Crippen LogP contribution is 2.20. The minimum absolute atomic E-state index is 0.0428. The Morgan fingerprint density at radius 3 is 3.09 bits per heavy atom. The van der Waals surface area contributed by atoms with E-state index in [0.29, 0.717) is 19.6 Å². The number of amides is 1. The third-order valence-corrected chi connectivity index (χ3v) is 4.33. The van der Waals surface area contributed by atoms with Crippen LogP contribution in [0.3, 0.4) is 0 Å². The highest BCUT2D eigenvalue weighted by molar-refractivity contribution is 7.09. The maximum absolute atomic E-state index is 11.1. The summed E-state index contributed by atoms with van der Waals surface area (Å²) in [4.78, 5) is 20.9. The van der Waals surface area contributed by atoms with Crippen LogP contribution in [-0.4, -0.2) is 38.1 Å². The summed E-state index contributed by atoms with van der Waals surface area (Å²) in [5.41, 5.74) is 0.730. The lowest BCUT2D eigenvalue weighted by atomic mass is 10.3. The van der Waals surface area contributed by atoms with E-state index in [1.807, 2.05) is 11.4 Å². The van der Waals surface area contributed by atoms with Gasteiger partial charge in [-0.3, -0.25) is 4.79 Å². The van der Waals surface area contributed by atoms with Gasteiger partial charge in [-0.15, -0.1) is 22.9 Å². The zero-order valence-corrected chi connectivity index (χ0v) is 13.8. The number of rotatable bonds is 7. The van der Waals surface area contributed by atoms with Gasteiger partial charge < -0.3 is 10.6 Å². The number of aromatic nitrogens is 4. The molecule has 7 nitrogen and oxygen atoms in total. The number of nitrogens with zero attached hydrogens (tertiary/aromatic N) is 4. The van der Waals surface area contributed by atoms with Crippen molar-refractivity contribution in [3.05, 3.63) is 34.9 Å². The summed E-state index contributed by atoms with van der Waals surface area (Å²) in [6, 6.07) is 4.09. The first-order valence-corrected chi connectivity index (χ1v) is 8.45. The lowest BCUT2D eigenvalue weighted by Crippen LogP contribution is -2.28. The SMILES string of the molecule is O=C(CCl)NCCn1ncc2c(NCc3cccs3)ncnc21. The smallest absolute Gasteiger partial charge is 0.234 e. The van der Waals surface area contributed by atoms with Crippen molar-refractivity contribution in [1.82, 2.24) is 25.1 Å². The van der Waals surface area contributed by atoms with Crippen molar-refractivity contribution >= 4 is 45.7 Å². The number of carbonyl (C=O) groups excluding carboxylic acids is 1. The molecule has 0 bridgehead atoms. The maximum atomic E-state index is 11.1. The molecule has 1 amide bonds. The molecule has 0 spiro atoms. The summed E-state index contributed by atoms with van der Waals surface area (Å²) < 4.78 is 1.74. The van der Waals surface area contributed by atoms with Gasteiger partial charge in [0.1, 0.15) is 18.0 Å². The molecule has 2 N–H and O–H groups in total. The van der Waals surface area contributed by atoms with Crippen LogP contribution in [0.1, 0.15) is 4.88 Å². The number of thiophene rings is 1. The van der Waals surface area contributed by atoms with Crippen molar-refractivity contribution < 1.29 is 4.79 Å². The molecule has 0 saturated carbocycles. The highest BCUT2D eigenvalue weighted by atomic mass is 35.5. The third kappa shape index (κ3) is 3.77. The number of anilines is 1. The lowest BCUT2D eigenvalue weighted by molar-refractivity contribution is -0.118. The van der Waals surface area contributed by atoms with Gasteiger partial charge in [-0.1, -0.05) is 6.07 Å². The monoisotopic (exact) mass is 350 g/mol. The van der Waals surface area contributed by atoms with Gasteiger partial charge in [0.25, 0.3) is 0 Å². The Hall–Kier alpha value is -2.19. The second-order valence-electron chi connectivity index (χ2n) is 4.74. The number of halogens is 1. The molecule has 3 rings (SSSR count). The first kappa shape index (κ1) is 15.7. The maximum Gasteiger partial charge on any atom is 0.234 e. The van der Waals surface area contributed by atoms with E-state index in [1.165, 1.54) is 11.2 Å². The molecule has 120 valence electrons. The molecule has 9 heteroatoms. The summed E-state index contributed by atoms with van der Waals surface area (Å²) in [7, 11) is 0. The van der Waals surface area contributed by atoms with E-state index in [4.69, 9.17) is 11.6 Å². The van der Waals surface area contributed by atoms with Gasteiger partial charge in [0.05, 0.1) is 24.7 Å². The third-order valence-electron chi connectivity index (χ3n) is 3.21. The van der Waals surface area contributed by atoms with Gasteiger partial charge in [0.2, 0.25) is 5.91 Å². The largest absolute Gasteiger partial charge is 0.364 e. The topological polar surface area (TPSA) is 84.7 Å². The van der Waals surface area contributed by atoms with E-state index in [9.17, 15) is 4.79 Å². The van der Waals surface area contributed by atoms with Gasteiger partial charge in [0.15, 0.2) is 5.65 Å². The Morgan fingerprint density at radius 2 is 2.30 bits per heavy atom. The predicted molar refractivity (Wildman–Crippen MR) is 90.7 cm³/mol.